The minimum atomic E-state index is -0.655. The summed E-state index contributed by atoms with van der Waals surface area (Å²) in [7, 11) is 0. The molecule has 0 aliphatic heterocycles. The molecule has 112 valence electrons. The Bertz CT molecular complexity index is 894. The molecule has 0 amide bonds. The van der Waals surface area contributed by atoms with Crippen molar-refractivity contribution < 1.29 is 13.5 Å². The molecule has 0 radical (unpaired) electrons. The number of nitrogens with one attached hydrogen (secondary N) is 1. The number of rotatable bonds is 3. The van der Waals surface area contributed by atoms with Gasteiger partial charge in [-0.25, -0.2) is 13.8 Å². The Labute approximate surface area is 128 Å². The van der Waals surface area contributed by atoms with E-state index in [2.05, 4.69) is 9.97 Å². The SMILES string of the molecule is O=c1[nH]c(COc2ccc(F)cc2)nc2cc(F)c(Cl)cc12. The van der Waals surface area contributed by atoms with Crippen LogP contribution in [0, 0.1) is 11.6 Å². The Hall–Kier alpha value is -2.47. The maximum absolute atomic E-state index is 13.4. The van der Waals surface area contributed by atoms with Gasteiger partial charge in [0.1, 0.15) is 29.8 Å². The highest BCUT2D eigenvalue weighted by molar-refractivity contribution is 6.31. The molecule has 7 heteroatoms. The molecular weight excluding hydrogens is 314 g/mol. The van der Waals surface area contributed by atoms with Gasteiger partial charge in [0.25, 0.3) is 5.56 Å². The van der Waals surface area contributed by atoms with Gasteiger partial charge in [-0.05, 0) is 30.3 Å². The summed E-state index contributed by atoms with van der Waals surface area (Å²) in [6.45, 7) is -0.0406. The Balaban J connectivity index is 1.89. The highest BCUT2D eigenvalue weighted by Crippen LogP contribution is 2.19. The summed E-state index contributed by atoms with van der Waals surface area (Å²) in [6, 6.07) is 7.73. The van der Waals surface area contributed by atoms with Gasteiger partial charge in [0.15, 0.2) is 0 Å². The van der Waals surface area contributed by atoms with Crippen LogP contribution in [-0.4, -0.2) is 9.97 Å². The van der Waals surface area contributed by atoms with Crippen molar-refractivity contribution >= 4 is 22.5 Å². The number of aromatic nitrogens is 2. The molecule has 1 N–H and O–H groups in total. The number of H-pyrrole nitrogens is 1. The van der Waals surface area contributed by atoms with Crippen molar-refractivity contribution in [1.29, 1.82) is 0 Å². The average molecular weight is 323 g/mol. The number of benzene rings is 2. The fourth-order valence-electron chi connectivity index (χ4n) is 1.93. The largest absolute Gasteiger partial charge is 0.486 e. The molecule has 0 unspecified atom stereocenters. The Morgan fingerprint density at radius 1 is 1.18 bits per heavy atom. The van der Waals surface area contributed by atoms with Gasteiger partial charge in [-0.15, -0.1) is 0 Å². The molecule has 4 nitrogen and oxygen atoms in total. The second-order valence-corrected chi connectivity index (χ2v) is 4.95. The van der Waals surface area contributed by atoms with E-state index >= 15 is 0 Å². The summed E-state index contributed by atoms with van der Waals surface area (Å²) < 4.78 is 31.6. The predicted molar refractivity (Wildman–Crippen MR) is 78.1 cm³/mol. The van der Waals surface area contributed by atoms with Crippen molar-refractivity contribution in [3.63, 3.8) is 0 Å². The van der Waals surface area contributed by atoms with Gasteiger partial charge in [-0.3, -0.25) is 4.79 Å². The molecule has 0 spiro atoms. The van der Waals surface area contributed by atoms with E-state index in [4.69, 9.17) is 16.3 Å². The van der Waals surface area contributed by atoms with Gasteiger partial charge in [0, 0.05) is 6.07 Å². The summed E-state index contributed by atoms with van der Waals surface area (Å²) in [5.41, 5.74) is -0.257. The quantitative estimate of drug-likeness (QED) is 0.803. The van der Waals surface area contributed by atoms with Gasteiger partial charge in [0.2, 0.25) is 0 Å². The minimum Gasteiger partial charge on any atom is -0.486 e. The van der Waals surface area contributed by atoms with Crippen LogP contribution in [0.15, 0.2) is 41.2 Å². The molecule has 22 heavy (non-hydrogen) atoms. The van der Waals surface area contributed by atoms with Crippen molar-refractivity contribution in [3.8, 4) is 5.75 Å². The Kier molecular flexibility index (Phi) is 3.77. The van der Waals surface area contributed by atoms with Crippen LogP contribution in [-0.2, 0) is 6.61 Å². The maximum Gasteiger partial charge on any atom is 0.258 e. The van der Waals surface area contributed by atoms with E-state index in [1.54, 1.807) is 0 Å². The average Bonchev–Trinajstić information content (AvgIpc) is 2.49. The first-order chi connectivity index (χ1) is 10.5. The molecule has 0 aliphatic carbocycles. The summed E-state index contributed by atoms with van der Waals surface area (Å²) in [5, 5.41) is 0.0482. The summed E-state index contributed by atoms with van der Waals surface area (Å²) in [4.78, 5) is 18.6. The number of hydrogen-bond acceptors (Lipinski definition) is 3. The third-order valence-corrected chi connectivity index (χ3v) is 3.28. The topological polar surface area (TPSA) is 55.0 Å². The predicted octanol–water partition coefficient (Wildman–Crippen LogP) is 3.43. The number of nitrogens with zero attached hydrogens (tertiary/aromatic N) is 1. The molecule has 1 aromatic heterocycles. The summed E-state index contributed by atoms with van der Waals surface area (Å²) in [6.07, 6.45) is 0. The van der Waals surface area contributed by atoms with Crippen molar-refractivity contribution in [2.45, 2.75) is 6.61 Å². The normalized spacial score (nSPS) is 10.9. The van der Waals surface area contributed by atoms with E-state index < -0.39 is 11.4 Å². The zero-order valence-corrected chi connectivity index (χ0v) is 11.8. The van der Waals surface area contributed by atoms with Gasteiger partial charge in [0.05, 0.1) is 15.9 Å². The fraction of sp³-hybridized carbons (Fsp3) is 0.0667. The van der Waals surface area contributed by atoms with E-state index in [0.717, 1.165) is 6.07 Å². The highest BCUT2D eigenvalue weighted by Gasteiger charge is 2.09. The van der Waals surface area contributed by atoms with Crippen LogP contribution < -0.4 is 10.3 Å². The van der Waals surface area contributed by atoms with Crippen LogP contribution in [0.3, 0.4) is 0 Å². The third-order valence-electron chi connectivity index (χ3n) is 2.99. The first-order valence-corrected chi connectivity index (χ1v) is 6.67. The minimum absolute atomic E-state index is 0.0406. The maximum atomic E-state index is 13.4. The molecule has 3 aromatic rings. The lowest BCUT2D eigenvalue weighted by Gasteiger charge is -2.07. The number of aromatic amines is 1. The first kappa shape index (κ1) is 14.5. The van der Waals surface area contributed by atoms with Crippen LogP contribution in [0.2, 0.25) is 5.02 Å². The smallest absolute Gasteiger partial charge is 0.258 e. The molecule has 0 saturated heterocycles. The second kappa shape index (κ2) is 5.73. The number of hydrogen-bond donors (Lipinski definition) is 1. The van der Waals surface area contributed by atoms with Crippen molar-refractivity contribution in [1.82, 2.24) is 9.97 Å². The molecule has 2 aromatic carbocycles. The molecule has 0 bridgehead atoms. The Morgan fingerprint density at radius 2 is 1.91 bits per heavy atom. The zero-order valence-electron chi connectivity index (χ0n) is 11.1. The first-order valence-electron chi connectivity index (χ1n) is 6.29. The molecular formula is C15H9ClF2N2O2. The lowest BCUT2D eigenvalue weighted by atomic mass is 10.2. The molecule has 1 heterocycles. The van der Waals surface area contributed by atoms with Crippen LogP contribution in [0.1, 0.15) is 5.82 Å². The van der Waals surface area contributed by atoms with Crippen LogP contribution >= 0.6 is 11.6 Å². The van der Waals surface area contributed by atoms with Gasteiger partial charge >= 0.3 is 0 Å². The van der Waals surface area contributed by atoms with Crippen molar-refractivity contribution in [3.05, 3.63) is 69.2 Å². The van der Waals surface area contributed by atoms with Crippen molar-refractivity contribution in [2.75, 3.05) is 0 Å². The molecule has 0 aliphatic rings. The highest BCUT2D eigenvalue weighted by atomic mass is 35.5. The van der Waals surface area contributed by atoms with E-state index in [-0.39, 0.29) is 34.2 Å². The molecule has 3 rings (SSSR count). The van der Waals surface area contributed by atoms with Crippen LogP contribution in [0.25, 0.3) is 10.9 Å². The van der Waals surface area contributed by atoms with E-state index in [1.807, 2.05) is 0 Å². The fourth-order valence-corrected chi connectivity index (χ4v) is 2.10. The van der Waals surface area contributed by atoms with Gasteiger partial charge < -0.3 is 9.72 Å². The van der Waals surface area contributed by atoms with E-state index in [1.165, 1.54) is 30.3 Å². The molecule has 0 atom stereocenters. The standard InChI is InChI=1S/C15H9ClF2N2O2/c16-11-5-10-13(6-12(11)18)19-14(20-15(10)21)7-22-9-3-1-8(17)2-4-9/h1-6H,7H2,(H,19,20,21). The molecule has 0 saturated carbocycles. The van der Waals surface area contributed by atoms with Crippen LogP contribution in [0.4, 0.5) is 8.78 Å². The lowest BCUT2D eigenvalue weighted by Crippen LogP contribution is -2.14. The number of halogens is 3. The second-order valence-electron chi connectivity index (χ2n) is 4.54. The zero-order chi connectivity index (χ0) is 15.7. The van der Waals surface area contributed by atoms with Gasteiger partial charge in [-0.2, -0.15) is 0 Å². The number of fused-ring (bicyclic) bond motifs is 1. The van der Waals surface area contributed by atoms with Gasteiger partial charge in [-0.1, -0.05) is 11.6 Å². The monoisotopic (exact) mass is 322 g/mol. The van der Waals surface area contributed by atoms with Crippen LogP contribution in [0.5, 0.6) is 5.75 Å². The lowest BCUT2D eigenvalue weighted by molar-refractivity contribution is 0.295. The summed E-state index contributed by atoms with van der Waals surface area (Å²) in [5.74, 6) is -0.385. The molecule has 0 fully saturated rings. The third kappa shape index (κ3) is 2.92. The summed E-state index contributed by atoms with van der Waals surface area (Å²) >= 11 is 5.64. The Morgan fingerprint density at radius 3 is 2.64 bits per heavy atom. The van der Waals surface area contributed by atoms with E-state index in [9.17, 15) is 13.6 Å². The van der Waals surface area contributed by atoms with E-state index in [0.29, 0.717) is 5.75 Å². The van der Waals surface area contributed by atoms with Crippen molar-refractivity contribution in [2.24, 2.45) is 0 Å². The number of ether oxygens (including phenoxy) is 1.